The van der Waals surface area contributed by atoms with Gasteiger partial charge in [-0.25, -0.2) is 9.59 Å². The Morgan fingerprint density at radius 3 is 2.79 bits per heavy atom. The third-order valence-corrected chi connectivity index (χ3v) is 7.40. The second-order valence-corrected chi connectivity index (χ2v) is 10.5. The first-order valence-corrected chi connectivity index (χ1v) is 13.1. The zero-order valence-corrected chi connectivity index (χ0v) is 21.8. The molecule has 1 aromatic rings. The zero-order chi connectivity index (χ0) is 27.4. The van der Waals surface area contributed by atoms with Gasteiger partial charge in [-0.15, -0.1) is 11.7 Å². The first-order valence-electron chi connectivity index (χ1n) is 13.1. The number of aryl methyl sites for hydroxylation is 1. The fraction of sp³-hybridized carbons (Fsp3) is 0.680. The summed E-state index contributed by atoms with van der Waals surface area (Å²) in [6, 6.07) is -1.92. The maximum Gasteiger partial charge on any atom is 0.407 e. The molecule has 0 spiro atoms. The Bertz CT molecular complexity index is 1070. The highest BCUT2D eigenvalue weighted by atomic mass is 16.5. The molecule has 1 saturated heterocycles. The molecule has 1 aliphatic carbocycles. The van der Waals surface area contributed by atoms with Crippen LogP contribution in [-0.4, -0.2) is 85.8 Å². The summed E-state index contributed by atoms with van der Waals surface area (Å²) in [5, 5.41) is 23.3. The quantitative estimate of drug-likeness (QED) is 0.466. The number of hydrogen-bond acceptors (Lipinski definition) is 8. The monoisotopic (exact) mass is 532 g/mol. The zero-order valence-electron chi connectivity index (χ0n) is 21.8. The number of hydrogen-bond donors (Lipinski definition) is 3. The predicted molar refractivity (Wildman–Crippen MR) is 132 cm³/mol. The molecule has 0 radical (unpaired) electrons. The van der Waals surface area contributed by atoms with Gasteiger partial charge in [0.05, 0.1) is 25.5 Å². The van der Waals surface area contributed by atoms with Gasteiger partial charge in [0.1, 0.15) is 23.3 Å². The van der Waals surface area contributed by atoms with Crippen LogP contribution in [0.2, 0.25) is 0 Å². The lowest BCUT2D eigenvalue weighted by molar-refractivity contribution is -0.145. The number of nitrogens with zero attached hydrogens (tertiary/aromatic N) is 4. The van der Waals surface area contributed by atoms with Crippen molar-refractivity contribution >= 4 is 23.9 Å². The van der Waals surface area contributed by atoms with Crippen molar-refractivity contribution in [3.63, 3.8) is 0 Å². The van der Waals surface area contributed by atoms with Crippen LogP contribution in [0.5, 0.6) is 0 Å². The minimum atomic E-state index is -1.43. The molecule has 1 saturated carbocycles. The molecule has 13 nitrogen and oxygen atoms in total. The van der Waals surface area contributed by atoms with Crippen molar-refractivity contribution in [3.05, 3.63) is 24.5 Å². The summed E-state index contributed by atoms with van der Waals surface area (Å²) >= 11 is 0. The molecule has 13 heteroatoms. The number of carbonyl (C=O) groups is 4. The number of amides is 3. The molecule has 3 heterocycles. The standard InChI is InChI=1S/C25H36N6O7/c1-4-16-11-25(16,23(34)35)27-21(32)19-10-18-13-31(19)22(33)20(15(2)3)26-24(36)37-9-7-5-6-8-30-12-17(14-38-18)28-29-30/h4,12,15-16,18-20H,1,5-11,13-14H2,2-3H3,(H,26,36)(H,27,32)(H,34,35)/t16-,18-,19+,20+,25-/m1/s1. The van der Waals surface area contributed by atoms with E-state index in [1.807, 2.05) is 0 Å². The Labute approximate surface area is 220 Å². The number of ether oxygens (including phenoxy) is 2. The van der Waals surface area contributed by atoms with E-state index in [9.17, 15) is 24.3 Å². The lowest BCUT2D eigenvalue weighted by atomic mass is 10.0. The summed E-state index contributed by atoms with van der Waals surface area (Å²) in [5.74, 6) is -2.89. The first-order chi connectivity index (χ1) is 18.1. The first kappa shape index (κ1) is 27.6. The van der Waals surface area contributed by atoms with Crippen molar-refractivity contribution in [2.24, 2.45) is 11.8 Å². The van der Waals surface area contributed by atoms with Crippen molar-refractivity contribution in [2.75, 3.05) is 13.2 Å². The molecular formula is C25H36N6O7. The molecule has 5 atom stereocenters. The van der Waals surface area contributed by atoms with Crippen LogP contribution in [0, 0.1) is 11.8 Å². The van der Waals surface area contributed by atoms with Crippen molar-refractivity contribution in [2.45, 2.75) is 82.8 Å². The summed E-state index contributed by atoms with van der Waals surface area (Å²) in [6.45, 7) is 8.34. The van der Waals surface area contributed by atoms with Crippen LogP contribution >= 0.6 is 0 Å². The molecule has 1 aromatic heterocycles. The van der Waals surface area contributed by atoms with E-state index in [0.29, 0.717) is 18.7 Å². The second kappa shape index (κ2) is 11.5. The third kappa shape index (κ3) is 5.98. The fourth-order valence-electron chi connectivity index (χ4n) is 5.02. The second-order valence-electron chi connectivity index (χ2n) is 10.5. The van der Waals surface area contributed by atoms with E-state index >= 15 is 0 Å². The summed E-state index contributed by atoms with van der Waals surface area (Å²) in [7, 11) is 0. The highest BCUT2D eigenvalue weighted by Crippen LogP contribution is 2.45. The van der Waals surface area contributed by atoms with Crippen LogP contribution in [0.25, 0.3) is 0 Å². The van der Waals surface area contributed by atoms with Gasteiger partial charge in [-0.3, -0.25) is 14.3 Å². The molecule has 0 aromatic carbocycles. The maximum absolute atomic E-state index is 13.7. The minimum absolute atomic E-state index is 0.0932. The summed E-state index contributed by atoms with van der Waals surface area (Å²) in [6.07, 6.45) is 4.80. The Hall–Kier alpha value is -3.48. The Morgan fingerprint density at radius 1 is 1.32 bits per heavy atom. The van der Waals surface area contributed by atoms with Crippen molar-refractivity contribution in [1.29, 1.82) is 0 Å². The number of carboxylic acids is 1. The normalized spacial score (nSPS) is 30.6. The molecule has 208 valence electrons. The third-order valence-electron chi connectivity index (χ3n) is 7.40. The van der Waals surface area contributed by atoms with E-state index in [1.54, 1.807) is 24.7 Å². The highest BCUT2D eigenvalue weighted by molar-refractivity contribution is 5.96. The Balaban J connectivity index is 1.56. The van der Waals surface area contributed by atoms with Gasteiger partial charge >= 0.3 is 12.1 Å². The molecule has 2 aliphatic heterocycles. The van der Waals surface area contributed by atoms with Gasteiger partial charge in [0, 0.05) is 25.4 Å². The van der Waals surface area contributed by atoms with Crippen molar-refractivity contribution in [1.82, 2.24) is 30.5 Å². The Morgan fingerprint density at radius 2 is 2.11 bits per heavy atom. The largest absolute Gasteiger partial charge is 0.479 e. The number of rotatable bonds is 5. The molecule has 4 bridgehead atoms. The van der Waals surface area contributed by atoms with Crippen LogP contribution in [0.3, 0.4) is 0 Å². The van der Waals surface area contributed by atoms with Gasteiger partial charge in [-0.1, -0.05) is 25.1 Å². The summed E-state index contributed by atoms with van der Waals surface area (Å²) < 4.78 is 13.0. The number of carboxylic acid groups (broad SMARTS) is 1. The number of aromatic nitrogens is 3. The van der Waals surface area contributed by atoms with E-state index < -0.39 is 53.5 Å². The highest BCUT2D eigenvalue weighted by Gasteiger charge is 2.61. The topological polar surface area (TPSA) is 165 Å². The number of alkyl carbamates (subject to hydrolysis) is 1. The molecule has 3 N–H and O–H groups in total. The Kier molecular flexibility index (Phi) is 8.34. The van der Waals surface area contributed by atoms with Crippen LogP contribution in [-0.2, 0) is 37.0 Å². The SMILES string of the molecule is C=C[C@@H]1C[C@]1(NC(=O)[C@@H]1C[C@@H]2CN1C(=O)[C@H](C(C)C)NC(=O)OCCCCCn1cc(nn1)CO2)C(=O)O. The van der Waals surface area contributed by atoms with Gasteiger partial charge in [0.25, 0.3) is 0 Å². The summed E-state index contributed by atoms with van der Waals surface area (Å²) in [5.41, 5.74) is -0.805. The maximum atomic E-state index is 13.7. The molecule has 3 aliphatic rings. The number of nitrogens with one attached hydrogen (secondary N) is 2. The smallest absolute Gasteiger partial charge is 0.407 e. The van der Waals surface area contributed by atoms with Crippen molar-refractivity contribution < 1.29 is 33.8 Å². The van der Waals surface area contributed by atoms with Gasteiger partial charge in [-0.2, -0.15) is 0 Å². The lowest BCUT2D eigenvalue weighted by Gasteiger charge is -2.30. The number of cyclic esters (lactones) is 1. The fourth-order valence-corrected chi connectivity index (χ4v) is 5.02. The molecule has 3 amide bonds. The van der Waals surface area contributed by atoms with E-state index in [1.165, 1.54) is 11.0 Å². The molecule has 4 rings (SSSR count). The van der Waals surface area contributed by atoms with E-state index in [2.05, 4.69) is 27.5 Å². The predicted octanol–water partition coefficient (Wildman–Crippen LogP) is 0.844. The van der Waals surface area contributed by atoms with E-state index in [-0.39, 0.29) is 38.5 Å². The van der Waals surface area contributed by atoms with E-state index in [0.717, 1.165) is 12.8 Å². The number of fused-ring (bicyclic) bond motifs is 4. The lowest BCUT2D eigenvalue weighted by Crippen LogP contribution is -2.57. The summed E-state index contributed by atoms with van der Waals surface area (Å²) in [4.78, 5) is 52.9. The molecular weight excluding hydrogens is 496 g/mol. The van der Waals surface area contributed by atoms with Crippen LogP contribution in [0.1, 0.15) is 51.6 Å². The van der Waals surface area contributed by atoms with Crippen LogP contribution in [0.4, 0.5) is 4.79 Å². The van der Waals surface area contributed by atoms with Gasteiger partial charge < -0.3 is 30.1 Å². The van der Waals surface area contributed by atoms with Gasteiger partial charge in [-0.05, 0) is 31.6 Å². The van der Waals surface area contributed by atoms with Gasteiger partial charge in [0.15, 0.2) is 0 Å². The molecule has 38 heavy (non-hydrogen) atoms. The molecule has 2 fully saturated rings. The van der Waals surface area contributed by atoms with Crippen LogP contribution in [0.15, 0.2) is 18.9 Å². The van der Waals surface area contributed by atoms with Gasteiger partial charge in [0.2, 0.25) is 11.8 Å². The van der Waals surface area contributed by atoms with Crippen LogP contribution < -0.4 is 10.6 Å². The van der Waals surface area contributed by atoms with Crippen molar-refractivity contribution in [3.8, 4) is 0 Å². The average Bonchev–Trinajstić information content (AvgIpc) is 3.19. The van der Waals surface area contributed by atoms with E-state index in [4.69, 9.17) is 9.47 Å². The molecule has 0 unspecified atom stereocenters. The average molecular weight is 533 g/mol. The number of aliphatic carboxylic acids is 1. The minimum Gasteiger partial charge on any atom is -0.479 e. The number of carbonyl (C=O) groups excluding carboxylic acids is 3.